The third-order valence-corrected chi connectivity index (χ3v) is 3.55. The molecule has 0 saturated carbocycles. The molecule has 1 N–H and O–H groups in total. The molecule has 0 aromatic heterocycles. The van der Waals surface area contributed by atoms with Crippen LogP contribution in [0.15, 0.2) is 0 Å². The molecule has 0 radical (unpaired) electrons. The molecule has 1 unspecified atom stereocenters. The van der Waals surface area contributed by atoms with Gasteiger partial charge >= 0.3 is 6.09 Å². The van der Waals surface area contributed by atoms with Crippen LogP contribution in [0.2, 0.25) is 0 Å². The predicted molar refractivity (Wildman–Crippen MR) is 84.5 cm³/mol. The minimum atomic E-state index is -0.442. The number of carbonyl (C=O) groups is 1. The normalized spacial score (nSPS) is 21.9. The molecule has 5 heteroatoms. The minimum Gasteiger partial charge on any atom is -0.444 e. The van der Waals surface area contributed by atoms with Gasteiger partial charge in [-0.05, 0) is 54.4 Å². The average Bonchev–Trinajstić information content (AvgIpc) is 2.31. The van der Waals surface area contributed by atoms with Crippen molar-refractivity contribution in [2.75, 3.05) is 26.2 Å². The van der Waals surface area contributed by atoms with Crippen LogP contribution in [-0.4, -0.2) is 54.5 Å². The summed E-state index contributed by atoms with van der Waals surface area (Å²) in [7, 11) is 0. The van der Waals surface area contributed by atoms with Gasteiger partial charge in [0.1, 0.15) is 5.60 Å². The lowest BCUT2D eigenvalue weighted by atomic mass is 9.94. The first kappa shape index (κ1) is 18.2. The van der Waals surface area contributed by atoms with Gasteiger partial charge in [-0.2, -0.15) is 0 Å². The fourth-order valence-electron chi connectivity index (χ4n) is 2.51. The van der Waals surface area contributed by atoms with E-state index < -0.39 is 5.60 Å². The van der Waals surface area contributed by atoms with Crippen LogP contribution in [-0.2, 0) is 9.47 Å². The van der Waals surface area contributed by atoms with E-state index in [4.69, 9.17) is 9.47 Å². The van der Waals surface area contributed by atoms with E-state index in [-0.39, 0.29) is 11.7 Å². The molecule has 1 aliphatic rings. The standard InChI is InChI=1S/C16H32N2O3/c1-7-18(14(19)21-15(2,3)4)10-9-17-13-8-11-20-16(5,6)12-13/h13,17H,7-12H2,1-6H3. The Hall–Kier alpha value is -0.810. The number of amides is 1. The van der Waals surface area contributed by atoms with Crippen molar-refractivity contribution in [1.82, 2.24) is 10.2 Å². The Bertz CT molecular complexity index is 337. The third-order valence-electron chi connectivity index (χ3n) is 3.55. The summed E-state index contributed by atoms with van der Waals surface area (Å²) in [6.07, 6.45) is 1.80. The molecule has 21 heavy (non-hydrogen) atoms. The van der Waals surface area contributed by atoms with E-state index in [0.717, 1.165) is 26.0 Å². The molecule has 5 nitrogen and oxygen atoms in total. The lowest BCUT2D eigenvalue weighted by Crippen LogP contribution is -2.46. The molecule has 1 saturated heterocycles. The molecular weight excluding hydrogens is 268 g/mol. The summed E-state index contributed by atoms with van der Waals surface area (Å²) in [4.78, 5) is 13.8. The van der Waals surface area contributed by atoms with Gasteiger partial charge in [-0.3, -0.25) is 0 Å². The first-order valence-corrected chi connectivity index (χ1v) is 7.98. The fraction of sp³-hybridized carbons (Fsp3) is 0.938. The Morgan fingerprint density at radius 2 is 2.10 bits per heavy atom. The highest BCUT2D eigenvalue weighted by Crippen LogP contribution is 2.23. The zero-order valence-electron chi connectivity index (χ0n) is 14.5. The summed E-state index contributed by atoms with van der Waals surface area (Å²) in [5.41, 5.74) is -0.492. The molecule has 1 atom stereocenters. The minimum absolute atomic E-state index is 0.0501. The zero-order valence-corrected chi connectivity index (χ0v) is 14.5. The number of ether oxygens (including phenoxy) is 2. The Balaban J connectivity index is 2.33. The Kier molecular flexibility index (Phi) is 6.47. The molecule has 0 spiro atoms. The first-order chi connectivity index (χ1) is 9.63. The van der Waals surface area contributed by atoms with Gasteiger partial charge < -0.3 is 19.7 Å². The van der Waals surface area contributed by atoms with Gasteiger partial charge in [-0.15, -0.1) is 0 Å². The van der Waals surface area contributed by atoms with Gasteiger partial charge in [0, 0.05) is 32.3 Å². The highest BCUT2D eigenvalue weighted by molar-refractivity contribution is 5.68. The molecule has 1 fully saturated rings. The first-order valence-electron chi connectivity index (χ1n) is 7.98. The van der Waals surface area contributed by atoms with Gasteiger partial charge in [-0.25, -0.2) is 4.79 Å². The summed E-state index contributed by atoms with van der Waals surface area (Å²) in [6, 6.07) is 0.464. The van der Waals surface area contributed by atoms with Crippen LogP contribution in [0, 0.1) is 0 Å². The highest BCUT2D eigenvalue weighted by Gasteiger charge is 2.28. The molecule has 1 heterocycles. The van der Waals surface area contributed by atoms with Crippen molar-refractivity contribution in [3.63, 3.8) is 0 Å². The molecule has 0 bridgehead atoms. The summed E-state index contributed by atoms with van der Waals surface area (Å²) in [5.74, 6) is 0. The predicted octanol–water partition coefficient (Wildman–Crippen LogP) is 2.79. The van der Waals surface area contributed by atoms with Crippen molar-refractivity contribution in [2.24, 2.45) is 0 Å². The van der Waals surface area contributed by atoms with Gasteiger partial charge in [0.15, 0.2) is 0 Å². The van der Waals surface area contributed by atoms with E-state index >= 15 is 0 Å². The van der Waals surface area contributed by atoms with E-state index in [2.05, 4.69) is 19.2 Å². The van der Waals surface area contributed by atoms with Crippen LogP contribution in [0.3, 0.4) is 0 Å². The number of nitrogens with zero attached hydrogens (tertiary/aromatic N) is 1. The lowest BCUT2D eigenvalue weighted by molar-refractivity contribution is -0.0630. The Labute approximate surface area is 129 Å². The van der Waals surface area contributed by atoms with Crippen molar-refractivity contribution >= 4 is 6.09 Å². The number of carbonyl (C=O) groups excluding carboxylic acids is 1. The number of nitrogens with one attached hydrogen (secondary N) is 1. The van der Waals surface area contributed by atoms with E-state index in [1.807, 2.05) is 27.7 Å². The summed E-state index contributed by atoms with van der Waals surface area (Å²) in [6.45, 7) is 14.8. The van der Waals surface area contributed by atoms with Crippen molar-refractivity contribution in [3.8, 4) is 0 Å². The second kappa shape index (κ2) is 7.45. The summed E-state index contributed by atoms with van der Waals surface area (Å²) >= 11 is 0. The van der Waals surface area contributed by atoms with Crippen LogP contribution in [0.25, 0.3) is 0 Å². The zero-order chi connectivity index (χ0) is 16.1. The Morgan fingerprint density at radius 3 is 2.62 bits per heavy atom. The van der Waals surface area contributed by atoms with Crippen LogP contribution < -0.4 is 5.32 Å². The van der Waals surface area contributed by atoms with Gasteiger partial charge in [0.25, 0.3) is 0 Å². The summed E-state index contributed by atoms with van der Waals surface area (Å²) < 4.78 is 11.1. The van der Waals surface area contributed by atoms with E-state index in [9.17, 15) is 4.79 Å². The van der Waals surface area contributed by atoms with Gasteiger partial charge in [0.05, 0.1) is 5.60 Å². The molecule has 124 valence electrons. The monoisotopic (exact) mass is 300 g/mol. The maximum atomic E-state index is 12.0. The number of hydrogen-bond donors (Lipinski definition) is 1. The van der Waals surface area contributed by atoms with E-state index in [1.54, 1.807) is 4.90 Å². The van der Waals surface area contributed by atoms with Crippen molar-refractivity contribution in [3.05, 3.63) is 0 Å². The molecule has 1 rings (SSSR count). The second-order valence-corrected chi connectivity index (χ2v) is 7.31. The van der Waals surface area contributed by atoms with Crippen molar-refractivity contribution in [2.45, 2.75) is 71.6 Å². The van der Waals surface area contributed by atoms with Crippen LogP contribution in [0.4, 0.5) is 4.79 Å². The van der Waals surface area contributed by atoms with Crippen molar-refractivity contribution < 1.29 is 14.3 Å². The van der Waals surface area contributed by atoms with E-state index in [1.165, 1.54) is 0 Å². The van der Waals surface area contributed by atoms with Gasteiger partial charge in [0.2, 0.25) is 0 Å². The highest BCUT2D eigenvalue weighted by atomic mass is 16.6. The van der Waals surface area contributed by atoms with Crippen LogP contribution in [0.1, 0.15) is 54.4 Å². The topological polar surface area (TPSA) is 50.8 Å². The number of likely N-dealkylation sites (N-methyl/N-ethyl adjacent to an activating group) is 1. The molecular formula is C16H32N2O3. The number of hydrogen-bond acceptors (Lipinski definition) is 4. The smallest absolute Gasteiger partial charge is 0.410 e. The molecule has 1 amide bonds. The largest absolute Gasteiger partial charge is 0.444 e. The second-order valence-electron chi connectivity index (χ2n) is 7.31. The Morgan fingerprint density at radius 1 is 1.43 bits per heavy atom. The third kappa shape index (κ3) is 7.14. The molecule has 0 aromatic rings. The molecule has 1 aliphatic heterocycles. The number of rotatable bonds is 5. The summed E-state index contributed by atoms with van der Waals surface area (Å²) in [5, 5.41) is 3.53. The van der Waals surface area contributed by atoms with Crippen LogP contribution in [0.5, 0.6) is 0 Å². The average molecular weight is 300 g/mol. The van der Waals surface area contributed by atoms with Crippen LogP contribution >= 0.6 is 0 Å². The molecule has 0 aromatic carbocycles. The van der Waals surface area contributed by atoms with E-state index in [0.29, 0.717) is 19.1 Å². The SMILES string of the molecule is CCN(CCNC1CCOC(C)(C)C1)C(=O)OC(C)(C)C. The lowest BCUT2D eigenvalue weighted by Gasteiger charge is -2.36. The molecule has 0 aliphatic carbocycles. The fourth-order valence-corrected chi connectivity index (χ4v) is 2.51. The van der Waals surface area contributed by atoms with Gasteiger partial charge in [-0.1, -0.05) is 0 Å². The van der Waals surface area contributed by atoms with Crippen molar-refractivity contribution in [1.29, 1.82) is 0 Å². The maximum Gasteiger partial charge on any atom is 0.410 e. The quantitative estimate of drug-likeness (QED) is 0.848. The maximum absolute atomic E-state index is 12.0.